The van der Waals surface area contributed by atoms with Crippen molar-refractivity contribution in [1.82, 2.24) is 0 Å². The maximum atomic E-state index is 13.9. The number of carbonyl (C=O) groups is 1. The van der Waals surface area contributed by atoms with Crippen LogP contribution in [0.25, 0.3) is 0 Å². The van der Waals surface area contributed by atoms with Crippen LogP contribution in [0.1, 0.15) is 52.4 Å². The summed E-state index contributed by atoms with van der Waals surface area (Å²) in [5.74, 6) is 2.90. The van der Waals surface area contributed by atoms with Crippen LogP contribution in [0.5, 0.6) is 0 Å². The standard InChI is InChI=1S/C22H30N2O/c1-3-23-15(2)14-24(20-7-5-4-6-19(20)23)21(25)22-11-16-8-17(12-22)10-18(9-16)13-22/h4-7,15-18H,3,8-14H2,1-2H3. The predicted octanol–water partition coefficient (Wildman–Crippen LogP) is 4.46. The molecular formula is C22H30N2O. The van der Waals surface area contributed by atoms with Gasteiger partial charge in [0.2, 0.25) is 5.91 Å². The Morgan fingerprint density at radius 2 is 1.60 bits per heavy atom. The van der Waals surface area contributed by atoms with E-state index in [-0.39, 0.29) is 5.41 Å². The predicted molar refractivity (Wildman–Crippen MR) is 102 cm³/mol. The summed E-state index contributed by atoms with van der Waals surface area (Å²) in [5, 5.41) is 0. The second-order valence-corrected chi connectivity index (χ2v) is 9.24. The minimum Gasteiger partial charge on any atom is -0.366 e. The van der Waals surface area contributed by atoms with E-state index in [9.17, 15) is 4.79 Å². The van der Waals surface area contributed by atoms with Gasteiger partial charge in [0, 0.05) is 19.1 Å². The molecule has 134 valence electrons. The Labute approximate surface area is 151 Å². The number of amides is 1. The van der Waals surface area contributed by atoms with Crippen molar-refractivity contribution >= 4 is 17.3 Å². The van der Waals surface area contributed by atoms with Gasteiger partial charge >= 0.3 is 0 Å². The molecule has 25 heavy (non-hydrogen) atoms. The molecule has 4 saturated carbocycles. The van der Waals surface area contributed by atoms with Crippen molar-refractivity contribution in [2.24, 2.45) is 23.2 Å². The summed E-state index contributed by atoms with van der Waals surface area (Å²) < 4.78 is 0. The van der Waals surface area contributed by atoms with E-state index < -0.39 is 0 Å². The molecule has 1 unspecified atom stereocenters. The van der Waals surface area contributed by atoms with Crippen LogP contribution < -0.4 is 9.80 Å². The average Bonchev–Trinajstić information content (AvgIpc) is 2.59. The molecule has 1 heterocycles. The summed E-state index contributed by atoms with van der Waals surface area (Å²) in [6.07, 6.45) is 7.64. The molecule has 3 heteroatoms. The van der Waals surface area contributed by atoms with E-state index in [2.05, 4.69) is 47.9 Å². The minimum atomic E-state index is -0.0457. The number of carbonyl (C=O) groups excluding carboxylic acids is 1. The molecule has 0 aromatic heterocycles. The first-order valence-corrected chi connectivity index (χ1v) is 10.3. The molecule has 1 aromatic carbocycles. The van der Waals surface area contributed by atoms with Crippen LogP contribution in [-0.2, 0) is 4.79 Å². The SMILES string of the molecule is CCN1c2ccccc2N(C(=O)C23CC4CC(CC(C4)C2)C3)CC1C. The number of para-hydroxylation sites is 2. The first-order chi connectivity index (χ1) is 12.1. The largest absolute Gasteiger partial charge is 0.366 e. The Balaban J connectivity index is 1.52. The summed E-state index contributed by atoms with van der Waals surface area (Å²) in [6, 6.07) is 8.92. The maximum absolute atomic E-state index is 13.9. The lowest BCUT2D eigenvalue weighted by atomic mass is 9.49. The number of anilines is 2. The van der Waals surface area contributed by atoms with Gasteiger partial charge < -0.3 is 9.80 Å². The van der Waals surface area contributed by atoms with Gasteiger partial charge in [-0.2, -0.15) is 0 Å². The van der Waals surface area contributed by atoms with Gasteiger partial charge in [0.15, 0.2) is 0 Å². The van der Waals surface area contributed by atoms with Crippen molar-refractivity contribution < 1.29 is 4.79 Å². The number of rotatable bonds is 2. The first kappa shape index (κ1) is 15.7. The fraction of sp³-hybridized carbons (Fsp3) is 0.682. The van der Waals surface area contributed by atoms with Crippen molar-refractivity contribution in [1.29, 1.82) is 0 Å². The molecule has 4 fully saturated rings. The minimum absolute atomic E-state index is 0.0457. The van der Waals surface area contributed by atoms with Crippen LogP contribution >= 0.6 is 0 Å². The van der Waals surface area contributed by atoms with E-state index in [4.69, 9.17) is 0 Å². The van der Waals surface area contributed by atoms with Gasteiger partial charge in [0.25, 0.3) is 0 Å². The molecule has 6 rings (SSSR count). The number of benzene rings is 1. The molecule has 0 radical (unpaired) electrons. The normalized spacial score (nSPS) is 38.8. The number of nitrogens with zero attached hydrogens (tertiary/aromatic N) is 2. The fourth-order valence-electron chi connectivity index (χ4n) is 6.97. The summed E-state index contributed by atoms with van der Waals surface area (Å²) in [5.41, 5.74) is 2.33. The van der Waals surface area contributed by atoms with Crippen LogP contribution in [0.3, 0.4) is 0 Å². The molecule has 4 aliphatic carbocycles. The molecule has 1 aliphatic heterocycles. The third-order valence-corrected chi connectivity index (χ3v) is 7.54. The molecule has 0 N–H and O–H groups in total. The van der Waals surface area contributed by atoms with Gasteiger partial charge in [-0.05, 0) is 82.3 Å². The van der Waals surface area contributed by atoms with Crippen LogP contribution in [0, 0.1) is 23.2 Å². The Morgan fingerprint density at radius 1 is 1.04 bits per heavy atom. The van der Waals surface area contributed by atoms with Crippen LogP contribution in [-0.4, -0.2) is 25.0 Å². The molecule has 1 atom stereocenters. The highest BCUT2D eigenvalue weighted by molar-refractivity contribution is 6.01. The summed E-state index contributed by atoms with van der Waals surface area (Å²) in [7, 11) is 0. The Hall–Kier alpha value is -1.51. The van der Waals surface area contributed by atoms with Gasteiger partial charge in [-0.25, -0.2) is 0 Å². The van der Waals surface area contributed by atoms with E-state index in [1.165, 1.54) is 24.9 Å². The highest BCUT2D eigenvalue weighted by Crippen LogP contribution is 2.61. The highest BCUT2D eigenvalue weighted by atomic mass is 16.2. The van der Waals surface area contributed by atoms with Gasteiger partial charge in [-0.1, -0.05) is 12.1 Å². The fourth-order valence-corrected chi connectivity index (χ4v) is 6.97. The smallest absolute Gasteiger partial charge is 0.233 e. The van der Waals surface area contributed by atoms with E-state index in [1.807, 2.05) is 0 Å². The van der Waals surface area contributed by atoms with Gasteiger partial charge in [0.05, 0.1) is 16.8 Å². The number of likely N-dealkylation sites (N-methyl/N-ethyl adjacent to an activating group) is 1. The molecule has 5 aliphatic rings. The maximum Gasteiger partial charge on any atom is 0.233 e. The molecule has 3 nitrogen and oxygen atoms in total. The monoisotopic (exact) mass is 338 g/mol. The van der Waals surface area contributed by atoms with Crippen molar-refractivity contribution in [2.45, 2.75) is 58.4 Å². The zero-order valence-electron chi connectivity index (χ0n) is 15.6. The molecule has 0 saturated heterocycles. The van der Waals surface area contributed by atoms with Crippen molar-refractivity contribution in [2.75, 3.05) is 22.9 Å². The zero-order valence-corrected chi connectivity index (χ0v) is 15.6. The van der Waals surface area contributed by atoms with Gasteiger partial charge in [0.1, 0.15) is 0 Å². The van der Waals surface area contributed by atoms with E-state index >= 15 is 0 Å². The molecular weight excluding hydrogens is 308 g/mol. The van der Waals surface area contributed by atoms with Crippen LogP contribution in [0.2, 0.25) is 0 Å². The highest BCUT2D eigenvalue weighted by Gasteiger charge is 2.56. The van der Waals surface area contributed by atoms with Gasteiger partial charge in [-0.3, -0.25) is 4.79 Å². The van der Waals surface area contributed by atoms with Crippen LogP contribution in [0.4, 0.5) is 11.4 Å². The molecule has 1 aromatic rings. The molecule has 4 bridgehead atoms. The third-order valence-electron chi connectivity index (χ3n) is 7.54. The second-order valence-electron chi connectivity index (χ2n) is 9.24. The summed E-state index contributed by atoms with van der Waals surface area (Å²) in [4.78, 5) is 18.5. The quantitative estimate of drug-likeness (QED) is 0.794. The Bertz CT molecular complexity index is 662. The van der Waals surface area contributed by atoms with Crippen molar-refractivity contribution in [3.8, 4) is 0 Å². The van der Waals surface area contributed by atoms with Crippen molar-refractivity contribution in [3.05, 3.63) is 24.3 Å². The second kappa shape index (κ2) is 5.49. The molecule has 0 spiro atoms. The lowest BCUT2D eigenvalue weighted by Gasteiger charge is -2.57. The molecule has 1 amide bonds. The van der Waals surface area contributed by atoms with Gasteiger partial charge in [-0.15, -0.1) is 0 Å². The number of hydrogen-bond acceptors (Lipinski definition) is 2. The summed E-state index contributed by atoms with van der Waals surface area (Å²) >= 11 is 0. The third kappa shape index (κ3) is 2.27. The summed E-state index contributed by atoms with van der Waals surface area (Å²) in [6.45, 7) is 6.31. The van der Waals surface area contributed by atoms with E-state index in [0.29, 0.717) is 11.9 Å². The van der Waals surface area contributed by atoms with E-state index in [0.717, 1.165) is 55.8 Å². The van der Waals surface area contributed by atoms with Crippen LogP contribution in [0.15, 0.2) is 24.3 Å². The lowest BCUT2D eigenvalue weighted by molar-refractivity contribution is -0.143. The number of hydrogen-bond donors (Lipinski definition) is 0. The number of fused-ring (bicyclic) bond motifs is 1. The Kier molecular flexibility index (Phi) is 3.45. The van der Waals surface area contributed by atoms with E-state index in [1.54, 1.807) is 0 Å². The Morgan fingerprint density at radius 3 is 2.16 bits per heavy atom. The van der Waals surface area contributed by atoms with Crippen molar-refractivity contribution in [3.63, 3.8) is 0 Å². The first-order valence-electron chi connectivity index (χ1n) is 10.3. The average molecular weight is 338 g/mol. The zero-order chi connectivity index (χ0) is 17.2. The topological polar surface area (TPSA) is 23.6 Å². The lowest BCUT2D eigenvalue weighted by Crippen LogP contribution is -2.58.